The Kier molecular flexibility index (Phi) is 3.29. The molecule has 0 aliphatic carbocycles. The molecule has 0 aromatic heterocycles. The number of nitrogens with zero attached hydrogens (tertiary/aromatic N) is 2. The van der Waals surface area contributed by atoms with Gasteiger partial charge in [0.25, 0.3) is 5.91 Å². The normalized spacial score (nSPS) is 20.4. The number of benzene rings is 1. The highest BCUT2D eigenvalue weighted by Crippen LogP contribution is 2.33. The number of carboxylic acid groups (broad SMARTS) is 1. The van der Waals surface area contributed by atoms with E-state index in [-0.39, 0.29) is 5.91 Å². The summed E-state index contributed by atoms with van der Waals surface area (Å²) in [5.41, 5.74) is 1.77. The van der Waals surface area contributed by atoms with Gasteiger partial charge < -0.3 is 15.3 Å². The molecule has 110 valence electrons. The monoisotopic (exact) mass is 287 g/mol. The smallest absolute Gasteiger partial charge is 0.418 e. The van der Waals surface area contributed by atoms with Gasteiger partial charge in [0.15, 0.2) is 0 Å². The second kappa shape index (κ2) is 5.12. The largest absolute Gasteiger partial charge is 0.464 e. The van der Waals surface area contributed by atoms with Crippen molar-refractivity contribution >= 4 is 12.0 Å². The van der Waals surface area contributed by atoms with Crippen molar-refractivity contribution < 1.29 is 14.7 Å². The Balaban J connectivity index is 1.68. The van der Waals surface area contributed by atoms with Crippen LogP contribution in [0.25, 0.3) is 0 Å². The molecule has 1 fully saturated rings. The molecule has 6 nitrogen and oxygen atoms in total. The van der Waals surface area contributed by atoms with Crippen molar-refractivity contribution in [1.82, 2.24) is 15.1 Å². The van der Waals surface area contributed by atoms with Crippen molar-refractivity contribution in [2.45, 2.75) is 19.4 Å². The zero-order valence-electron chi connectivity index (χ0n) is 11.7. The lowest BCUT2D eigenvalue weighted by Gasteiger charge is -2.50. The van der Waals surface area contributed by atoms with E-state index in [0.717, 1.165) is 17.1 Å². The van der Waals surface area contributed by atoms with E-state index >= 15 is 0 Å². The molecule has 1 unspecified atom stereocenters. The zero-order valence-corrected chi connectivity index (χ0v) is 11.7. The first kappa shape index (κ1) is 13.5. The number of fused-ring (bicyclic) bond motifs is 2. The second-order valence-electron chi connectivity index (χ2n) is 5.22. The predicted octanol–water partition coefficient (Wildman–Crippen LogP) is 1.21. The molecule has 1 saturated heterocycles. The van der Waals surface area contributed by atoms with Crippen molar-refractivity contribution in [1.29, 1.82) is 0 Å². The average molecular weight is 287 g/mol. The summed E-state index contributed by atoms with van der Waals surface area (Å²) in [6.07, 6.45) is -0.357. The second-order valence-corrected chi connectivity index (χ2v) is 5.22. The Morgan fingerprint density at radius 3 is 2.76 bits per heavy atom. The first-order valence-electron chi connectivity index (χ1n) is 6.94. The first-order chi connectivity index (χ1) is 10.1. The third kappa shape index (κ3) is 2.22. The van der Waals surface area contributed by atoms with Crippen LogP contribution in [0.3, 0.4) is 0 Å². The summed E-state index contributed by atoms with van der Waals surface area (Å²) in [4.78, 5) is 25.9. The highest BCUT2D eigenvalue weighted by atomic mass is 16.4. The maximum atomic E-state index is 11.9. The fourth-order valence-corrected chi connectivity index (χ4v) is 2.73. The highest BCUT2D eigenvalue weighted by Gasteiger charge is 2.48. The molecule has 2 amide bonds. The summed E-state index contributed by atoms with van der Waals surface area (Å²) in [6.45, 7) is 2.94. The van der Waals surface area contributed by atoms with Crippen molar-refractivity contribution in [3.63, 3.8) is 0 Å². The average Bonchev–Trinajstić information content (AvgIpc) is 2.46. The Morgan fingerprint density at radius 2 is 2.10 bits per heavy atom. The van der Waals surface area contributed by atoms with E-state index in [4.69, 9.17) is 5.11 Å². The highest BCUT2D eigenvalue weighted by molar-refractivity contribution is 5.98. The van der Waals surface area contributed by atoms with Crippen LogP contribution >= 0.6 is 0 Å². The summed E-state index contributed by atoms with van der Waals surface area (Å²) < 4.78 is 0. The van der Waals surface area contributed by atoms with Crippen LogP contribution in [0, 0.1) is 0 Å². The van der Waals surface area contributed by atoms with E-state index in [1.165, 1.54) is 5.56 Å². The number of carbonyl (C=O) groups excluding carboxylic acids is 1. The van der Waals surface area contributed by atoms with Crippen LogP contribution in [0.4, 0.5) is 4.79 Å². The van der Waals surface area contributed by atoms with Crippen LogP contribution in [-0.4, -0.2) is 46.0 Å². The molecule has 2 N–H and O–H groups in total. The summed E-state index contributed by atoms with van der Waals surface area (Å²) >= 11 is 0. The number of hydrogen-bond donors (Lipinski definition) is 2. The standard InChI is InChI=1S/C15H17N3O3/c1-10-14(19)18(15(20)21)12-9-17(10)13(12)16-8-7-11-5-3-2-4-6-11/h2-6,10,16H,7-9H2,1H3,(H,20,21). The SMILES string of the molecule is CC1C(=O)N(C(=O)O)C2=C(NCCc3ccccc3)N1C2. The minimum atomic E-state index is -1.21. The molecule has 4 rings (SSSR count). The van der Waals surface area contributed by atoms with Crippen molar-refractivity contribution in [3.05, 3.63) is 47.4 Å². The number of nitrogens with one attached hydrogen (secondary N) is 1. The van der Waals surface area contributed by atoms with Gasteiger partial charge in [-0.15, -0.1) is 0 Å². The molecule has 2 bridgehead atoms. The van der Waals surface area contributed by atoms with Crippen molar-refractivity contribution in [3.8, 4) is 0 Å². The van der Waals surface area contributed by atoms with E-state index in [0.29, 0.717) is 18.8 Å². The van der Waals surface area contributed by atoms with Crippen LogP contribution in [0.15, 0.2) is 41.8 Å². The molecular weight excluding hydrogens is 270 g/mol. The fraction of sp³-hybridized carbons (Fsp3) is 0.333. The van der Waals surface area contributed by atoms with E-state index in [2.05, 4.69) is 17.4 Å². The van der Waals surface area contributed by atoms with Crippen LogP contribution in [0.2, 0.25) is 0 Å². The van der Waals surface area contributed by atoms with Gasteiger partial charge in [-0.2, -0.15) is 0 Å². The number of piperazine rings is 1. The van der Waals surface area contributed by atoms with Gasteiger partial charge in [-0.1, -0.05) is 30.3 Å². The molecular formula is C15H17N3O3. The molecule has 0 radical (unpaired) electrons. The first-order valence-corrected chi connectivity index (χ1v) is 6.94. The quantitative estimate of drug-likeness (QED) is 0.871. The molecule has 1 aromatic rings. The third-order valence-electron chi connectivity index (χ3n) is 3.94. The Bertz CT molecular complexity index is 612. The molecule has 1 aromatic carbocycles. The fourth-order valence-electron chi connectivity index (χ4n) is 2.73. The van der Waals surface area contributed by atoms with E-state index in [9.17, 15) is 9.59 Å². The number of rotatable bonds is 4. The molecule has 3 aliphatic rings. The van der Waals surface area contributed by atoms with Gasteiger partial charge in [0.05, 0.1) is 12.2 Å². The Labute approximate surface area is 122 Å². The zero-order chi connectivity index (χ0) is 15.0. The molecule has 3 aliphatic heterocycles. The van der Waals surface area contributed by atoms with Gasteiger partial charge >= 0.3 is 6.09 Å². The summed E-state index contributed by atoms with van der Waals surface area (Å²) in [5, 5.41) is 12.4. The minimum Gasteiger partial charge on any atom is -0.464 e. The number of hydrogen-bond acceptors (Lipinski definition) is 4. The summed E-state index contributed by atoms with van der Waals surface area (Å²) in [6, 6.07) is 9.63. The van der Waals surface area contributed by atoms with Crippen LogP contribution in [-0.2, 0) is 11.2 Å². The van der Waals surface area contributed by atoms with E-state index in [1.807, 2.05) is 23.1 Å². The minimum absolute atomic E-state index is 0.377. The van der Waals surface area contributed by atoms with E-state index in [1.54, 1.807) is 6.92 Å². The Hall–Kier alpha value is -2.50. The molecule has 6 heteroatoms. The molecule has 0 spiro atoms. The van der Waals surface area contributed by atoms with Gasteiger partial charge in [0.1, 0.15) is 11.9 Å². The number of imide groups is 1. The summed E-state index contributed by atoms with van der Waals surface area (Å²) in [7, 11) is 0. The van der Waals surface area contributed by atoms with Crippen LogP contribution < -0.4 is 5.32 Å². The van der Waals surface area contributed by atoms with Crippen molar-refractivity contribution in [2.75, 3.05) is 13.1 Å². The van der Waals surface area contributed by atoms with E-state index < -0.39 is 12.1 Å². The van der Waals surface area contributed by atoms with Gasteiger partial charge in [0.2, 0.25) is 0 Å². The molecule has 0 saturated carbocycles. The maximum Gasteiger partial charge on any atom is 0.418 e. The lowest BCUT2D eigenvalue weighted by Crippen LogP contribution is -2.64. The van der Waals surface area contributed by atoms with Crippen LogP contribution in [0.1, 0.15) is 12.5 Å². The van der Waals surface area contributed by atoms with Crippen LogP contribution in [0.5, 0.6) is 0 Å². The predicted molar refractivity (Wildman–Crippen MR) is 76.2 cm³/mol. The summed E-state index contributed by atoms with van der Waals surface area (Å²) in [5.74, 6) is 0.387. The van der Waals surface area contributed by atoms with Gasteiger partial charge in [-0.25, -0.2) is 9.69 Å². The van der Waals surface area contributed by atoms with Gasteiger partial charge in [-0.05, 0) is 18.9 Å². The lowest BCUT2D eigenvalue weighted by atomic mass is 10.0. The van der Waals surface area contributed by atoms with Gasteiger partial charge in [-0.3, -0.25) is 4.79 Å². The lowest BCUT2D eigenvalue weighted by molar-refractivity contribution is -0.137. The maximum absolute atomic E-state index is 11.9. The molecule has 21 heavy (non-hydrogen) atoms. The van der Waals surface area contributed by atoms with Crippen molar-refractivity contribution in [2.24, 2.45) is 0 Å². The topological polar surface area (TPSA) is 72.9 Å². The Morgan fingerprint density at radius 1 is 1.38 bits per heavy atom. The number of amides is 2. The molecule has 3 heterocycles. The third-order valence-corrected chi connectivity index (χ3v) is 3.94. The number of carbonyl (C=O) groups is 2. The molecule has 1 atom stereocenters. The van der Waals surface area contributed by atoms with Gasteiger partial charge in [0, 0.05) is 6.54 Å².